The van der Waals surface area contributed by atoms with Crippen molar-refractivity contribution in [3.63, 3.8) is 0 Å². The van der Waals surface area contributed by atoms with Gasteiger partial charge >= 0.3 is 6.18 Å². The zero-order valence-corrected chi connectivity index (χ0v) is 18.6. The molecule has 0 unspecified atom stereocenters. The van der Waals surface area contributed by atoms with Crippen LogP contribution in [-0.4, -0.2) is 14.3 Å². The maximum Gasteiger partial charge on any atom is 0.416 e. The van der Waals surface area contributed by atoms with Crippen LogP contribution in [0, 0.1) is 12.7 Å². The first-order chi connectivity index (χ1) is 15.4. The Morgan fingerprint density at radius 1 is 1.00 bits per heavy atom. The first kappa shape index (κ1) is 24.7. The molecule has 0 saturated carbocycles. The topological polar surface area (TPSA) is 75.3 Å². The number of sulfonamides is 1. The number of hydrogen-bond acceptors (Lipinski definition) is 3. The molecule has 0 atom stereocenters. The van der Waals surface area contributed by atoms with Crippen molar-refractivity contribution in [3.05, 3.63) is 93.8 Å². The van der Waals surface area contributed by atoms with E-state index in [2.05, 4.69) is 10.0 Å². The lowest BCUT2D eigenvalue weighted by Crippen LogP contribution is -2.24. The zero-order chi connectivity index (χ0) is 24.4. The highest BCUT2D eigenvalue weighted by molar-refractivity contribution is 7.89. The summed E-state index contributed by atoms with van der Waals surface area (Å²) in [4.78, 5) is 12.1. The number of amides is 1. The highest BCUT2D eigenvalue weighted by atomic mass is 35.5. The molecule has 0 aliphatic heterocycles. The van der Waals surface area contributed by atoms with Crippen LogP contribution >= 0.6 is 11.6 Å². The van der Waals surface area contributed by atoms with E-state index in [0.29, 0.717) is 11.6 Å². The van der Waals surface area contributed by atoms with Crippen molar-refractivity contribution in [2.24, 2.45) is 0 Å². The lowest BCUT2D eigenvalue weighted by Gasteiger charge is -2.13. The summed E-state index contributed by atoms with van der Waals surface area (Å²) in [6.07, 6.45) is -4.69. The summed E-state index contributed by atoms with van der Waals surface area (Å²) >= 11 is 5.85. The average molecular weight is 501 g/mol. The standard InChI is InChI=1S/C22H17ClF4N2O3S/c1-13-2-4-14(5-3-13)12-28-33(31,32)16-7-9-19(24)17(11-16)21(30)29-20-10-15(22(25,26)27)6-8-18(20)23/h2-11,28H,12H2,1H3,(H,29,30). The summed E-state index contributed by atoms with van der Waals surface area (Å²) in [5.74, 6) is -2.22. The fourth-order valence-corrected chi connectivity index (χ4v) is 4.01. The van der Waals surface area contributed by atoms with Gasteiger partial charge < -0.3 is 5.32 Å². The van der Waals surface area contributed by atoms with Gasteiger partial charge in [0.1, 0.15) is 5.82 Å². The molecule has 0 aliphatic carbocycles. The third kappa shape index (κ3) is 6.10. The van der Waals surface area contributed by atoms with E-state index >= 15 is 0 Å². The maximum absolute atomic E-state index is 14.3. The number of aryl methyl sites for hydroxylation is 1. The number of nitrogens with one attached hydrogen (secondary N) is 2. The van der Waals surface area contributed by atoms with Crippen LogP contribution < -0.4 is 10.0 Å². The SMILES string of the molecule is Cc1ccc(CNS(=O)(=O)c2ccc(F)c(C(=O)Nc3cc(C(F)(F)F)ccc3Cl)c2)cc1. The van der Waals surface area contributed by atoms with E-state index in [0.717, 1.165) is 35.9 Å². The van der Waals surface area contributed by atoms with Crippen LogP contribution in [0.3, 0.4) is 0 Å². The van der Waals surface area contributed by atoms with Gasteiger partial charge in [-0.2, -0.15) is 13.2 Å². The van der Waals surface area contributed by atoms with E-state index in [-0.39, 0.29) is 11.6 Å². The molecule has 2 N–H and O–H groups in total. The van der Waals surface area contributed by atoms with Gasteiger partial charge in [-0.05, 0) is 48.9 Å². The Balaban J connectivity index is 1.83. The van der Waals surface area contributed by atoms with Crippen LogP contribution in [0.2, 0.25) is 5.02 Å². The van der Waals surface area contributed by atoms with E-state index < -0.39 is 49.6 Å². The summed E-state index contributed by atoms with van der Waals surface area (Å²) < 4.78 is 80.7. The van der Waals surface area contributed by atoms with Crippen LogP contribution in [0.25, 0.3) is 0 Å². The quantitative estimate of drug-likeness (QED) is 0.437. The molecule has 0 heterocycles. The Kier molecular flexibility index (Phi) is 7.11. The molecule has 0 fully saturated rings. The normalized spacial score (nSPS) is 11.9. The molecule has 1 amide bonds. The lowest BCUT2D eigenvalue weighted by atomic mass is 10.1. The van der Waals surface area contributed by atoms with Crippen LogP contribution in [0.4, 0.5) is 23.2 Å². The van der Waals surface area contributed by atoms with Crippen molar-refractivity contribution in [2.75, 3.05) is 5.32 Å². The zero-order valence-electron chi connectivity index (χ0n) is 17.0. The molecule has 174 valence electrons. The van der Waals surface area contributed by atoms with Gasteiger partial charge in [-0.1, -0.05) is 41.4 Å². The molecule has 0 bridgehead atoms. The van der Waals surface area contributed by atoms with Gasteiger partial charge in [0.25, 0.3) is 5.91 Å². The highest BCUT2D eigenvalue weighted by Gasteiger charge is 2.31. The molecule has 5 nitrogen and oxygen atoms in total. The Hall–Kier alpha value is -2.95. The monoisotopic (exact) mass is 500 g/mol. The van der Waals surface area contributed by atoms with E-state index in [4.69, 9.17) is 11.6 Å². The summed E-state index contributed by atoms with van der Waals surface area (Å²) in [7, 11) is -4.12. The molecule has 33 heavy (non-hydrogen) atoms. The van der Waals surface area contributed by atoms with Gasteiger partial charge in [-0.25, -0.2) is 17.5 Å². The number of halogens is 5. The van der Waals surface area contributed by atoms with Crippen molar-refractivity contribution in [3.8, 4) is 0 Å². The van der Waals surface area contributed by atoms with Gasteiger partial charge in [0.15, 0.2) is 0 Å². The Morgan fingerprint density at radius 2 is 1.67 bits per heavy atom. The molecular formula is C22H17ClF4N2O3S. The molecule has 3 rings (SSSR count). The van der Waals surface area contributed by atoms with Crippen molar-refractivity contribution in [1.29, 1.82) is 0 Å². The second kappa shape index (κ2) is 9.50. The molecule has 3 aromatic carbocycles. The van der Waals surface area contributed by atoms with E-state index in [1.54, 1.807) is 12.1 Å². The van der Waals surface area contributed by atoms with Crippen LogP contribution in [0.15, 0.2) is 65.6 Å². The van der Waals surface area contributed by atoms with Crippen molar-refractivity contribution in [1.82, 2.24) is 4.72 Å². The van der Waals surface area contributed by atoms with Crippen molar-refractivity contribution in [2.45, 2.75) is 24.5 Å². The minimum Gasteiger partial charge on any atom is -0.321 e. The first-order valence-corrected chi connectivity index (χ1v) is 11.3. The van der Waals surface area contributed by atoms with E-state index in [1.807, 2.05) is 19.1 Å². The number of carbonyl (C=O) groups is 1. The van der Waals surface area contributed by atoms with Gasteiger partial charge in [-0.15, -0.1) is 0 Å². The Morgan fingerprint density at radius 3 is 2.30 bits per heavy atom. The molecule has 0 aliphatic rings. The highest BCUT2D eigenvalue weighted by Crippen LogP contribution is 2.34. The average Bonchev–Trinajstić information content (AvgIpc) is 2.74. The maximum atomic E-state index is 14.3. The predicted molar refractivity (Wildman–Crippen MR) is 116 cm³/mol. The fourth-order valence-electron chi connectivity index (χ4n) is 2.80. The Labute approximate surface area is 192 Å². The predicted octanol–water partition coefficient (Wildman–Crippen LogP) is 5.54. The molecule has 11 heteroatoms. The van der Waals surface area contributed by atoms with Crippen LogP contribution in [0.1, 0.15) is 27.0 Å². The number of hydrogen-bond donors (Lipinski definition) is 2. The van der Waals surface area contributed by atoms with Gasteiger partial charge in [-0.3, -0.25) is 4.79 Å². The molecule has 0 radical (unpaired) electrons. The molecule has 3 aromatic rings. The van der Waals surface area contributed by atoms with Crippen LogP contribution in [-0.2, 0) is 22.7 Å². The third-order valence-corrected chi connectivity index (χ3v) is 6.35. The van der Waals surface area contributed by atoms with Gasteiger partial charge in [0, 0.05) is 6.54 Å². The summed E-state index contributed by atoms with van der Waals surface area (Å²) in [5, 5.41) is 1.89. The number of anilines is 1. The first-order valence-electron chi connectivity index (χ1n) is 9.40. The van der Waals surface area contributed by atoms with Gasteiger partial charge in [0.2, 0.25) is 10.0 Å². The molecule has 0 aromatic heterocycles. The molecular weight excluding hydrogens is 484 g/mol. The largest absolute Gasteiger partial charge is 0.416 e. The number of carbonyl (C=O) groups excluding carboxylic acids is 1. The summed E-state index contributed by atoms with van der Waals surface area (Å²) in [6.45, 7) is 1.84. The molecule has 0 saturated heterocycles. The van der Waals surface area contributed by atoms with E-state index in [1.165, 1.54) is 0 Å². The summed E-state index contributed by atoms with van der Waals surface area (Å²) in [6, 6.07) is 11.9. The fraction of sp³-hybridized carbons (Fsp3) is 0.136. The minimum atomic E-state index is -4.69. The smallest absolute Gasteiger partial charge is 0.321 e. The van der Waals surface area contributed by atoms with E-state index in [9.17, 15) is 30.8 Å². The van der Waals surface area contributed by atoms with Crippen LogP contribution in [0.5, 0.6) is 0 Å². The Bertz CT molecular complexity index is 1290. The second-order valence-electron chi connectivity index (χ2n) is 7.10. The van der Waals surface area contributed by atoms with Crippen molar-refractivity contribution < 1.29 is 30.8 Å². The number of benzene rings is 3. The minimum absolute atomic E-state index is 0.0403. The number of rotatable bonds is 6. The summed E-state index contributed by atoms with van der Waals surface area (Å²) in [5.41, 5.74) is -0.470. The van der Waals surface area contributed by atoms with Gasteiger partial charge in [0.05, 0.1) is 26.7 Å². The number of alkyl halides is 3. The third-order valence-electron chi connectivity index (χ3n) is 4.62. The van der Waals surface area contributed by atoms with Crippen molar-refractivity contribution >= 4 is 33.2 Å². The lowest BCUT2D eigenvalue weighted by molar-refractivity contribution is -0.137. The second-order valence-corrected chi connectivity index (χ2v) is 9.27. The molecule has 0 spiro atoms.